The van der Waals surface area contributed by atoms with Crippen molar-refractivity contribution in [2.24, 2.45) is 0 Å². The maximum Gasteiger partial charge on any atom is 0.282 e. The fourth-order valence-corrected chi connectivity index (χ4v) is 3.90. The highest BCUT2D eigenvalue weighted by Gasteiger charge is 2.27. The van der Waals surface area contributed by atoms with E-state index >= 15 is 0 Å². The van der Waals surface area contributed by atoms with Gasteiger partial charge in [-0.15, -0.1) is 10.2 Å². The molecule has 0 spiro atoms. The molecule has 0 unspecified atom stereocenters. The van der Waals surface area contributed by atoms with Crippen LogP contribution >= 0.6 is 0 Å². The molecule has 0 aliphatic carbocycles. The number of hydrogen-bond donors (Lipinski definition) is 0. The first kappa shape index (κ1) is 19.1. The number of nitro benzene ring substituents is 1. The number of anilines is 2. The van der Waals surface area contributed by atoms with Gasteiger partial charge >= 0.3 is 0 Å². The van der Waals surface area contributed by atoms with Gasteiger partial charge in [0.15, 0.2) is 11.6 Å². The Kier molecular flexibility index (Phi) is 5.55. The maximum atomic E-state index is 12.8. The average molecular weight is 396 g/mol. The van der Waals surface area contributed by atoms with Crippen LogP contribution < -0.4 is 9.80 Å². The molecule has 1 aromatic heterocycles. The van der Waals surface area contributed by atoms with Gasteiger partial charge in [-0.05, 0) is 37.5 Å². The molecule has 9 heteroatoms. The summed E-state index contributed by atoms with van der Waals surface area (Å²) in [6.07, 6.45) is 3.66. The lowest BCUT2D eigenvalue weighted by Gasteiger charge is -2.35. The molecule has 152 valence electrons. The normalized spacial score (nSPS) is 17.3. The number of piperidine rings is 1. The van der Waals surface area contributed by atoms with Crippen LogP contribution in [0.5, 0.6) is 0 Å². The van der Waals surface area contributed by atoms with E-state index < -0.39 is 4.92 Å². The van der Waals surface area contributed by atoms with Gasteiger partial charge < -0.3 is 14.7 Å². The highest BCUT2D eigenvalue weighted by molar-refractivity contribution is 5.98. The van der Waals surface area contributed by atoms with Crippen LogP contribution in [0.15, 0.2) is 36.4 Å². The van der Waals surface area contributed by atoms with Crippen LogP contribution in [0.1, 0.15) is 29.6 Å². The van der Waals surface area contributed by atoms with E-state index in [1.807, 2.05) is 12.1 Å². The topological polar surface area (TPSA) is 95.7 Å². The minimum atomic E-state index is -0.511. The Hall–Kier alpha value is -3.23. The van der Waals surface area contributed by atoms with Crippen molar-refractivity contribution >= 4 is 23.2 Å². The van der Waals surface area contributed by atoms with E-state index in [9.17, 15) is 14.9 Å². The molecule has 0 saturated carbocycles. The lowest BCUT2D eigenvalue weighted by atomic mass is 10.1. The first-order valence-electron chi connectivity index (χ1n) is 10.00. The lowest BCUT2D eigenvalue weighted by Crippen LogP contribution is -2.49. The third-order valence-electron chi connectivity index (χ3n) is 5.54. The second-order valence-electron chi connectivity index (χ2n) is 7.35. The molecule has 9 nitrogen and oxygen atoms in total. The summed E-state index contributed by atoms with van der Waals surface area (Å²) in [6, 6.07) is 10.1. The number of rotatable bonds is 4. The largest absolute Gasteiger partial charge is 0.355 e. The Morgan fingerprint density at radius 1 is 0.828 bits per heavy atom. The van der Waals surface area contributed by atoms with Crippen molar-refractivity contribution in [2.75, 3.05) is 49.1 Å². The molecule has 0 radical (unpaired) electrons. The van der Waals surface area contributed by atoms with Gasteiger partial charge in [0.05, 0.1) is 4.92 Å². The van der Waals surface area contributed by atoms with Crippen molar-refractivity contribution in [1.82, 2.24) is 15.1 Å². The molecule has 0 atom stereocenters. The van der Waals surface area contributed by atoms with Gasteiger partial charge in [-0.2, -0.15) is 0 Å². The van der Waals surface area contributed by atoms with E-state index in [1.165, 1.54) is 31.4 Å². The van der Waals surface area contributed by atoms with Gasteiger partial charge in [0, 0.05) is 45.3 Å². The zero-order chi connectivity index (χ0) is 20.2. The Balaban J connectivity index is 1.38. The number of aromatic nitrogens is 2. The van der Waals surface area contributed by atoms with Gasteiger partial charge in [0.1, 0.15) is 5.56 Å². The number of carbonyl (C=O) groups excluding carboxylic acids is 1. The monoisotopic (exact) mass is 396 g/mol. The second kappa shape index (κ2) is 8.42. The van der Waals surface area contributed by atoms with Crippen molar-refractivity contribution < 1.29 is 9.72 Å². The predicted molar refractivity (Wildman–Crippen MR) is 109 cm³/mol. The van der Waals surface area contributed by atoms with Crippen LogP contribution in [-0.2, 0) is 0 Å². The molecule has 3 heterocycles. The van der Waals surface area contributed by atoms with E-state index in [-0.39, 0.29) is 17.2 Å². The van der Waals surface area contributed by atoms with Crippen LogP contribution in [0, 0.1) is 10.1 Å². The van der Waals surface area contributed by atoms with E-state index in [1.54, 1.807) is 17.0 Å². The van der Waals surface area contributed by atoms with Crippen LogP contribution in [0.2, 0.25) is 0 Å². The molecule has 0 bridgehead atoms. The zero-order valence-corrected chi connectivity index (χ0v) is 16.2. The standard InChI is InChI=1S/C20H24N6O3/c27-20(16-6-2-3-7-17(16)26(28)29)25-14-12-24(13-15-25)19-9-8-18(21-22-19)23-10-4-1-5-11-23/h2-3,6-9H,1,4-5,10-15H2. The van der Waals surface area contributed by atoms with Crippen LogP contribution in [0.25, 0.3) is 0 Å². The number of piperazine rings is 1. The summed E-state index contributed by atoms with van der Waals surface area (Å²) in [5.74, 6) is 1.41. The van der Waals surface area contributed by atoms with Crippen LogP contribution in [0.4, 0.5) is 17.3 Å². The number of nitro groups is 1. The average Bonchev–Trinajstić information content (AvgIpc) is 2.79. The van der Waals surface area contributed by atoms with Crippen LogP contribution in [-0.4, -0.2) is 65.2 Å². The minimum absolute atomic E-state index is 0.136. The van der Waals surface area contributed by atoms with Gasteiger partial charge in [-0.1, -0.05) is 12.1 Å². The lowest BCUT2D eigenvalue weighted by molar-refractivity contribution is -0.385. The van der Waals surface area contributed by atoms with E-state index in [2.05, 4.69) is 20.0 Å². The van der Waals surface area contributed by atoms with Gasteiger partial charge in [-0.25, -0.2) is 0 Å². The van der Waals surface area contributed by atoms with Crippen molar-refractivity contribution in [3.8, 4) is 0 Å². The molecule has 4 rings (SSSR count). The molecule has 2 aliphatic heterocycles. The number of benzene rings is 1. The van der Waals surface area contributed by atoms with E-state index in [4.69, 9.17) is 0 Å². The molecule has 1 aromatic carbocycles. The number of para-hydroxylation sites is 1. The maximum absolute atomic E-state index is 12.8. The number of nitrogens with zero attached hydrogens (tertiary/aromatic N) is 6. The quantitative estimate of drug-likeness (QED) is 0.578. The fraction of sp³-hybridized carbons (Fsp3) is 0.450. The van der Waals surface area contributed by atoms with Gasteiger partial charge in [0.2, 0.25) is 0 Å². The Bertz CT molecular complexity index is 874. The van der Waals surface area contributed by atoms with E-state index in [0.717, 1.165) is 24.7 Å². The SMILES string of the molecule is O=C(c1ccccc1[N+](=O)[O-])N1CCN(c2ccc(N3CCCCC3)nn2)CC1. The number of amides is 1. The summed E-state index contributed by atoms with van der Waals surface area (Å²) in [4.78, 5) is 29.5. The minimum Gasteiger partial charge on any atom is -0.355 e. The van der Waals surface area contributed by atoms with Crippen molar-refractivity contribution in [1.29, 1.82) is 0 Å². The predicted octanol–water partition coefficient (Wildman–Crippen LogP) is 2.34. The first-order chi connectivity index (χ1) is 14.1. The highest BCUT2D eigenvalue weighted by Crippen LogP contribution is 2.22. The Labute approximate surface area is 169 Å². The summed E-state index contributed by atoms with van der Waals surface area (Å²) in [6.45, 7) is 4.26. The second-order valence-corrected chi connectivity index (χ2v) is 7.35. The third kappa shape index (κ3) is 4.13. The fourth-order valence-electron chi connectivity index (χ4n) is 3.90. The zero-order valence-electron chi connectivity index (χ0n) is 16.2. The summed E-state index contributed by atoms with van der Waals surface area (Å²) < 4.78 is 0. The molecule has 2 saturated heterocycles. The van der Waals surface area contributed by atoms with Gasteiger partial charge in [-0.3, -0.25) is 14.9 Å². The molecule has 2 aromatic rings. The third-order valence-corrected chi connectivity index (χ3v) is 5.54. The number of carbonyl (C=O) groups is 1. The van der Waals surface area contributed by atoms with Crippen molar-refractivity contribution in [3.05, 3.63) is 52.1 Å². The molecular formula is C20H24N6O3. The summed E-state index contributed by atoms with van der Waals surface area (Å²) in [7, 11) is 0. The van der Waals surface area contributed by atoms with Gasteiger partial charge in [0.25, 0.3) is 11.6 Å². The smallest absolute Gasteiger partial charge is 0.282 e. The van der Waals surface area contributed by atoms with Crippen molar-refractivity contribution in [3.63, 3.8) is 0 Å². The summed E-state index contributed by atoms with van der Waals surface area (Å²) >= 11 is 0. The Morgan fingerprint density at radius 2 is 1.41 bits per heavy atom. The van der Waals surface area contributed by atoms with Crippen molar-refractivity contribution in [2.45, 2.75) is 19.3 Å². The molecule has 2 fully saturated rings. The molecule has 2 aliphatic rings. The Morgan fingerprint density at radius 3 is 2.00 bits per heavy atom. The summed E-state index contributed by atoms with van der Waals surface area (Å²) in [5.41, 5.74) is -0.0178. The van der Waals surface area contributed by atoms with E-state index in [0.29, 0.717) is 26.2 Å². The molecule has 1 amide bonds. The highest BCUT2D eigenvalue weighted by atomic mass is 16.6. The first-order valence-corrected chi connectivity index (χ1v) is 10.00. The van der Waals surface area contributed by atoms with Crippen LogP contribution in [0.3, 0.4) is 0 Å². The molecule has 29 heavy (non-hydrogen) atoms. The number of hydrogen-bond acceptors (Lipinski definition) is 7. The molecular weight excluding hydrogens is 372 g/mol. The summed E-state index contributed by atoms with van der Waals surface area (Å²) in [5, 5.41) is 20.0. The molecule has 0 N–H and O–H groups in total.